The van der Waals surface area contributed by atoms with Crippen molar-refractivity contribution in [2.75, 3.05) is 13.1 Å². The van der Waals surface area contributed by atoms with Crippen molar-refractivity contribution in [1.29, 1.82) is 0 Å². The normalized spacial score (nSPS) is 16.5. The second-order valence-corrected chi connectivity index (χ2v) is 8.35. The number of benzene rings is 2. The van der Waals surface area contributed by atoms with Gasteiger partial charge in [-0.05, 0) is 49.2 Å². The van der Waals surface area contributed by atoms with Gasteiger partial charge < -0.3 is 5.32 Å². The molecule has 0 spiro atoms. The Kier molecular flexibility index (Phi) is 5.42. The number of hydrogen-bond donors (Lipinski definition) is 1. The van der Waals surface area contributed by atoms with Gasteiger partial charge in [-0.15, -0.1) is 0 Å². The van der Waals surface area contributed by atoms with Gasteiger partial charge in [0.2, 0.25) is 10.0 Å². The van der Waals surface area contributed by atoms with Crippen LogP contribution in [0, 0.1) is 0 Å². The Labute approximate surface area is 152 Å². The summed E-state index contributed by atoms with van der Waals surface area (Å²) < 4.78 is 26.7. The number of sulfonamides is 1. The molecule has 25 heavy (non-hydrogen) atoms. The third-order valence-electron chi connectivity index (χ3n) is 4.28. The number of nitrogens with zero attached hydrogens (tertiary/aromatic N) is 1. The largest absolute Gasteiger partial charge is 0.349 e. The quantitative estimate of drug-likeness (QED) is 0.889. The van der Waals surface area contributed by atoms with E-state index in [0.29, 0.717) is 41.4 Å². The molecule has 2 aromatic rings. The minimum absolute atomic E-state index is 0.0367. The van der Waals surface area contributed by atoms with E-state index in [1.54, 1.807) is 54.6 Å². The van der Waals surface area contributed by atoms with Crippen molar-refractivity contribution in [3.05, 3.63) is 65.2 Å². The minimum atomic E-state index is -3.46. The lowest BCUT2D eigenvalue weighted by molar-refractivity contribution is 0.0924. The fraction of sp³-hybridized carbons (Fsp3) is 0.278. The highest BCUT2D eigenvalue weighted by atomic mass is 35.5. The second-order valence-electron chi connectivity index (χ2n) is 5.97. The molecule has 132 valence electrons. The van der Waals surface area contributed by atoms with Gasteiger partial charge in [0.1, 0.15) is 0 Å². The van der Waals surface area contributed by atoms with Crippen LogP contribution >= 0.6 is 11.6 Å². The summed E-state index contributed by atoms with van der Waals surface area (Å²) in [6.07, 6.45) is 1.18. The van der Waals surface area contributed by atoms with E-state index in [0.717, 1.165) is 0 Å². The number of nitrogens with one attached hydrogen (secondary N) is 1. The molecule has 0 unspecified atom stereocenters. The summed E-state index contributed by atoms with van der Waals surface area (Å²) in [5.74, 6) is -0.166. The first kappa shape index (κ1) is 17.9. The number of halogens is 1. The van der Waals surface area contributed by atoms with Crippen molar-refractivity contribution in [1.82, 2.24) is 9.62 Å². The van der Waals surface area contributed by atoms with Gasteiger partial charge >= 0.3 is 0 Å². The van der Waals surface area contributed by atoms with Gasteiger partial charge in [0.05, 0.1) is 4.90 Å². The summed E-state index contributed by atoms with van der Waals surface area (Å²) in [5, 5.41) is 3.54. The maximum atomic E-state index is 12.6. The van der Waals surface area contributed by atoms with E-state index in [1.807, 2.05) is 0 Å². The van der Waals surface area contributed by atoms with Gasteiger partial charge in [-0.2, -0.15) is 4.31 Å². The summed E-state index contributed by atoms with van der Waals surface area (Å²) in [6.45, 7) is 0.783. The van der Waals surface area contributed by atoms with Gasteiger partial charge in [-0.1, -0.05) is 29.8 Å². The van der Waals surface area contributed by atoms with Gasteiger partial charge in [0.15, 0.2) is 0 Å². The topological polar surface area (TPSA) is 66.5 Å². The van der Waals surface area contributed by atoms with Gasteiger partial charge in [0.25, 0.3) is 5.91 Å². The Morgan fingerprint density at radius 1 is 1.00 bits per heavy atom. The molecule has 1 fully saturated rings. The maximum Gasteiger partial charge on any atom is 0.251 e. The Hall–Kier alpha value is -1.89. The number of rotatable bonds is 4. The Balaban J connectivity index is 1.59. The lowest BCUT2D eigenvalue weighted by Gasteiger charge is -2.31. The van der Waals surface area contributed by atoms with E-state index >= 15 is 0 Å². The summed E-state index contributed by atoms with van der Waals surface area (Å²) in [4.78, 5) is 12.5. The number of carbonyl (C=O) groups excluding carboxylic acids is 1. The molecule has 0 aromatic heterocycles. The number of amides is 1. The number of carbonyl (C=O) groups is 1. The van der Waals surface area contributed by atoms with Crippen LogP contribution in [0.2, 0.25) is 5.02 Å². The molecule has 1 saturated heterocycles. The van der Waals surface area contributed by atoms with E-state index in [4.69, 9.17) is 11.6 Å². The molecule has 5 nitrogen and oxygen atoms in total. The van der Waals surface area contributed by atoms with Crippen molar-refractivity contribution in [2.45, 2.75) is 23.8 Å². The van der Waals surface area contributed by atoms with Crippen LogP contribution in [0.15, 0.2) is 59.5 Å². The predicted molar refractivity (Wildman–Crippen MR) is 97.1 cm³/mol. The van der Waals surface area contributed by atoms with E-state index in [-0.39, 0.29) is 11.9 Å². The lowest BCUT2D eigenvalue weighted by Crippen LogP contribution is -2.46. The molecule has 3 rings (SSSR count). The molecular weight excluding hydrogens is 360 g/mol. The molecule has 0 bridgehead atoms. The number of hydrogen-bond acceptors (Lipinski definition) is 3. The summed E-state index contributed by atoms with van der Waals surface area (Å²) in [6, 6.07) is 15.1. The maximum absolute atomic E-state index is 12.6. The molecule has 1 aliphatic heterocycles. The highest BCUT2D eigenvalue weighted by molar-refractivity contribution is 7.89. The van der Waals surface area contributed by atoms with Crippen LogP contribution in [0.4, 0.5) is 0 Å². The van der Waals surface area contributed by atoms with E-state index in [1.165, 1.54) is 4.31 Å². The molecule has 1 amide bonds. The molecule has 0 atom stereocenters. The first-order chi connectivity index (χ1) is 12.0. The van der Waals surface area contributed by atoms with Crippen molar-refractivity contribution >= 4 is 27.5 Å². The zero-order chi connectivity index (χ0) is 17.9. The third-order valence-corrected chi connectivity index (χ3v) is 6.44. The van der Waals surface area contributed by atoms with Crippen LogP contribution in [0.25, 0.3) is 0 Å². The highest BCUT2D eigenvalue weighted by Gasteiger charge is 2.29. The molecular formula is C18H19ClN2O3S. The Morgan fingerprint density at radius 2 is 1.60 bits per heavy atom. The van der Waals surface area contributed by atoms with Crippen molar-refractivity contribution in [3.8, 4) is 0 Å². The second kappa shape index (κ2) is 7.56. The predicted octanol–water partition coefficient (Wildman–Crippen LogP) is 2.92. The summed E-state index contributed by atoms with van der Waals surface area (Å²) >= 11 is 5.82. The molecule has 1 aliphatic rings. The van der Waals surface area contributed by atoms with Crippen molar-refractivity contribution < 1.29 is 13.2 Å². The fourth-order valence-electron chi connectivity index (χ4n) is 2.85. The summed E-state index contributed by atoms with van der Waals surface area (Å²) in [5.41, 5.74) is 0.545. The Bertz CT molecular complexity index is 830. The van der Waals surface area contributed by atoms with E-state index < -0.39 is 10.0 Å². The van der Waals surface area contributed by atoms with Crippen LogP contribution in [0.5, 0.6) is 0 Å². The first-order valence-electron chi connectivity index (χ1n) is 8.08. The van der Waals surface area contributed by atoms with E-state index in [9.17, 15) is 13.2 Å². The van der Waals surface area contributed by atoms with Crippen LogP contribution in [-0.4, -0.2) is 37.8 Å². The SMILES string of the molecule is O=C(NC1CCN(S(=O)(=O)c2ccccc2)CC1)c1ccc(Cl)cc1. The molecule has 1 heterocycles. The lowest BCUT2D eigenvalue weighted by atomic mass is 10.1. The van der Waals surface area contributed by atoms with Crippen LogP contribution in [0.3, 0.4) is 0 Å². The average Bonchev–Trinajstić information content (AvgIpc) is 2.63. The smallest absolute Gasteiger partial charge is 0.251 e. The zero-order valence-corrected chi connectivity index (χ0v) is 15.1. The summed E-state index contributed by atoms with van der Waals surface area (Å²) in [7, 11) is -3.46. The minimum Gasteiger partial charge on any atom is -0.349 e. The van der Waals surface area contributed by atoms with Gasteiger partial charge in [-0.25, -0.2) is 8.42 Å². The molecule has 0 aliphatic carbocycles. The van der Waals surface area contributed by atoms with Crippen LogP contribution in [0.1, 0.15) is 23.2 Å². The van der Waals surface area contributed by atoms with Crippen molar-refractivity contribution in [3.63, 3.8) is 0 Å². The monoisotopic (exact) mass is 378 g/mol. The van der Waals surface area contributed by atoms with Gasteiger partial charge in [0, 0.05) is 29.7 Å². The zero-order valence-electron chi connectivity index (χ0n) is 13.6. The van der Waals surface area contributed by atoms with Gasteiger partial charge in [-0.3, -0.25) is 4.79 Å². The standard InChI is InChI=1S/C18H19ClN2O3S/c19-15-8-6-14(7-9-15)18(22)20-16-10-12-21(13-11-16)25(23,24)17-4-2-1-3-5-17/h1-9,16H,10-13H2,(H,20,22). The van der Waals surface area contributed by atoms with Crippen LogP contribution < -0.4 is 5.32 Å². The Morgan fingerprint density at radius 3 is 2.20 bits per heavy atom. The average molecular weight is 379 g/mol. The molecule has 1 N–H and O–H groups in total. The van der Waals surface area contributed by atoms with Crippen LogP contribution in [-0.2, 0) is 10.0 Å². The molecule has 0 radical (unpaired) electrons. The van der Waals surface area contributed by atoms with Crippen molar-refractivity contribution in [2.24, 2.45) is 0 Å². The first-order valence-corrected chi connectivity index (χ1v) is 9.90. The molecule has 0 saturated carbocycles. The molecule has 7 heteroatoms. The van der Waals surface area contributed by atoms with E-state index in [2.05, 4.69) is 5.32 Å². The highest BCUT2D eigenvalue weighted by Crippen LogP contribution is 2.21. The number of piperidine rings is 1. The third kappa shape index (κ3) is 4.21. The molecule has 2 aromatic carbocycles. The fourth-order valence-corrected chi connectivity index (χ4v) is 4.47.